The Kier molecular flexibility index (Phi) is 3.69. The molecule has 0 amide bonds. The molecule has 0 saturated carbocycles. The van der Waals surface area contributed by atoms with Gasteiger partial charge < -0.3 is 9.64 Å². The summed E-state index contributed by atoms with van der Waals surface area (Å²) in [7, 11) is 3.77. The van der Waals surface area contributed by atoms with Crippen molar-refractivity contribution < 1.29 is 9.53 Å². The van der Waals surface area contributed by atoms with Crippen LogP contribution in [0.2, 0.25) is 0 Å². The van der Waals surface area contributed by atoms with E-state index in [0.29, 0.717) is 12.0 Å². The van der Waals surface area contributed by atoms with Crippen LogP contribution in [0.3, 0.4) is 0 Å². The Balaban J connectivity index is 3.10. The monoisotopic (exact) mass is 224 g/mol. The number of carbonyl (C=O) groups excluding carboxylic acids is 1. The zero-order chi connectivity index (χ0) is 11.4. The van der Waals surface area contributed by atoms with E-state index in [4.69, 9.17) is 10.00 Å². The van der Waals surface area contributed by atoms with Crippen LogP contribution >= 0.6 is 11.3 Å². The molecule has 1 aromatic rings. The van der Waals surface area contributed by atoms with E-state index >= 15 is 0 Å². The van der Waals surface area contributed by atoms with Crippen LogP contribution in [0.4, 0.5) is 5.00 Å². The van der Waals surface area contributed by atoms with Gasteiger partial charge in [0.1, 0.15) is 17.7 Å². The molecule has 1 heterocycles. The van der Waals surface area contributed by atoms with Crippen LogP contribution in [0.1, 0.15) is 16.0 Å². The molecule has 0 aromatic carbocycles. The number of carbonyl (C=O) groups is 1. The molecule has 0 bridgehead atoms. The molecule has 0 unspecified atom stereocenters. The zero-order valence-electron chi connectivity index (χ0n) is 8.90. The lowest BCUT2D eigenvalue weighted by Crippen LogP contribution is -2.07. The predicted octanol–water partition coefficient (Wildman–Crippen LogP) is 1.67. The molecule has 0 saturated heterocycles. The highest BCUT2D eigenvalue weighted by molar-refractivity contribution is 7.16. The molecule has 0 fully saturated rings. The Morgan fingerprint density at radius 2 is 2.27 bits per heavy atom. The van der Waals surface area contributed by atoms with Crippen LogP contribution in [0.5, 0.6) is 0 Å². The van der Waals surface area contributed by atoms with Gasteiger partial charge in [-0.1, -0.05) is 0 Å². The Morgan fingerprint density at radius 1 is 1.60 bits per heavy atom. The fourth-order valence-electron chi connectivity index (χ4n) is 1.24. The van der Waals surface area contributed by atoms with Gasteiger partial charge >= 0.3 is 0 Å². The number of nitriles is 1. The summed E-state index contributed by atoms with van der Waals surface area (Å²) < 4.78 is 4.69. The highest BCUT2D eigenvalue weighted by atomic mass is 32.1. The molecule has 1 rings (SSSR count). The summed E-state index contributed by atoms with van der Waals surface area (Å²) >= 11 is 1.48. The smallest absolute Gasteiger partial charge is 0.293 e. The number of hydrogen-bond acceptors (Lipinski definition) is 5. The van der Waals surface area contributed by atoms with E-state index in [1.807, 2.05) is 25.9 Å². The molecule has 0 aliphatic heterocycles. The standard InChI is InChI=1S/C10H12N2O2S/c1-7-8(4-11)10(12(2)3)15-9(7)5-14-6-13/h6H,5H2,1-3H3. The van der Waals surface area contributed by atoms with Gasteiger partial charge in [0.05, 0.1) is 5.56 Å². The van der Waals surface area contributed by atoms with Gasteiger partial charge in [0.25, 0.3) is 6.47 Å². The lowest BCUT2D eigenvalue weighted by molar-refractivity contribution is -0.129. The minimum Gasteiger partial charge on any atom is -0.462 e. The van der Waals surface area contributed by atoms with Gasteiger partial charge in [-0.15, -0.1) is 11.3 Å². The first kappa shape index (κ1) is 11.5. The third kappa shape index (κ3) is 2.28. The second-order valence-electron chi connectivity index (χ2n) is 3.24. The summed E-state index contributed by atoms with van der Waals surface area (Å²) in [6, 6.07) is 2.17. The molecule has 0 N–H and O–H groups in total. The second kappa shape index (κ2) is 4.80. The number of hydrogen-bond donors (Lipinski definition) is 0. The first-order valence-electron chi connectivity index (χ1n) is 4.36. The van der Waals surface area contributed by atoms with E-state index in [0.717, 1.165) is 15.4 Å². The molecule has 5 heteroatoms. The SMILES string of the molecule is Cc1c(COC=O)sc(N(C)C)c1C#N. The summed E-state index contributed by atoms with van der Waals surface area (Å²) in [6.07, 6.45) is 0. The van der Waals surface area contributed by atoms with Crippen molar-refractivity contribution in [2.75, 3.05) is 19.0 Å². The van der Waals surface area contributed by atoms with Crippen LogP contribution < -0.4 is 4.90 Å². The minimum absolute atomic E-state index is 0.239. The van der Waals surface area contributed by atoms with Gasteiger partial charge in [0.15, 0.2) is 0 Å². The molecule has 0 radical (unpaired) electrons. The maximum absolute atomic E-state index is 10.1. The van der Waals surface area contributed by atoms with Crippen molar-refractivity contribution in [3.63, 3.8) is 0 Å². The van der Waals surface area contributed by atoms with Crippen molar-refractivity contribution in [1.82, 2.24) is 0 Å². The molecule has 0 aliphatic carbocycles. The molecule has 80 valence electrons. The van der Waals surface area contributed by atoms with Gasteiger partial charge in [0, 0.05) is 19.0 Å². The summed E-state index contributed by atoms with van der Waals surface area (Å²) in [5.41, 5.74) is 1.56. The van der Waals surface area contributed by atoms with Crippen molar-refractivity contribution in [1.29, 1.82) is 5.26 Å². The Labute approximate surface area is 92.7 Å². The van der Waals surface area contributed by atoms with Crippen molar-refractivity contribution in [3.05, 3.63) is 16.0 Å². The van der Waals surface area contributed by atoms with Gasteiger partial charge in [0.2, 0.25) is 0 Å². The number of anilines is 1. The summed E-state index contributed by atoms with van der Waals surface area (Å²) in [5, 5.41) is 9.91. The van der Waals surface area contributed by atoms with E-state index < -0.39 is 0 Å². The average molecular weight is 224 g/mol. The highest BCUT2D eigenvalue weighted by Gasteiger charge is 2.16. The Morgan fingerprint density at radius 3 is 2.67 bits per heavy atom. The maximum Gasteiger partial charge on any atom is 0.293 e. The van der Waals surface area contributed by atoms with E-state index in [2.05, 4.69) is 6.07 Å². The predicted molar refractivity (Wildman–Crippen MR) is 59.0 cm³/mol. The maximum atomic E-state index is 10.1. The summed E-state index contributed by atoms with van der Waals surface area (Å²) in [5.74, 6) is 0. The molecular weight excluding hydrogens is 212 g/mol. The second-order valence-corrected chi connectivity index (χ2v) is 4.33. The molecule has 1 aromatic heterocycles. The Hall–Kier alpha value is -1.54. The van der Waals surface area contributed by atoms with Gasteiger partial charge in [-0.2, -0.15) is 5.26 Å². The first-order chi connectivity index (χ1) is 7.11. The lowest BCUT2D eigenvalue weighted by atomic mass is 10.2. The molecule has 15 heavy (non-hydrogen) atoms. The molecule has 0 atom stereocenters. The third-order valence-corrected chi connectivity index (χ3v) is 3.46. The zero-order valence-corrected chi connectivity index (χ0v) is 9.72. The largest absolute Gasteiger partial charge is 0.462 e. The number of rotatable bonds is 4. The molecule has 0 aliphatic rings. The van der Waals surface area contributed by atoms with Crippen LogP contribution in [0, 0.1) is 18.3 Å². The van der Waals surface area contributed by atoms with Crippen molar-refractivity contribution in [2.24, 2.45) is 0 Å². The quantitative estimate of drug-likeness (QED) is 0.730. The van der Waals surface area contributed by atoms with Crippen molar-refractivity contribution in [3.8, 4) is 6.07 Å². The molecule has 4 nitrogen and oxygen atoms in total. The fraction of sp³-hybridized carbons (Fsp3) is 0.400. The van der Waals surface area contributed by atoms with Crippen LogP contribution in [0.25, 0.3) is 0 Å². The van der Waals surface area contributed by atoms with Gasteiger partial charge in [-0.05, 0) is 12.5 Å². The van der Waals surface area contributed by atoms with Gasteiger partial charge in [-0.3, -0.25) is 4.79 Å². The first-order valence-corrected chi connectivity index (χ1v) is 5.18. The lowest BCUT2D eigenvalue weighted by Gasteiger charge is -2.08. The number of nitrogens with zero attached hydrogens (tertiary/aromatic N) is 2. The highest BCUT2D eigenvalue weighted by Crippen LogP contribution is 2.34. The van der Waals surface area contributed by atoms with E-state index in [9.17, 15) is 4.79 Å². The van der Waals surface area contributed by atoms with Crippen LogP contribution in [0.15, 0.2) is 0 Å². The van der Waals surface area contributed by atoms with Crippen LogP contribution in [-0.2, 0) is 16.1 Å². The van der Waals surface area contributed by atoms with Crippen LogP contribution in [-0.4, -0.2) is 20.6 Å². The topological polar surface area (TPSA) is 53.3 Å². The fourth-order valence-corrected chi connectivity index (χ4v) is 2.34. The number of ether oxygens (including phenoxy) is 1. The van der Waals surface area contributed by atoms with E-state index in [1.54, 1.807) is 0 Å². The minimum atomic E-state index is 0.239. The average Bonchev–Trinajstić information content (AvgIpc) is 2.52. The number of thiophene rings is 1. The van der Waals surface area contributed by atoms with Crippen molar-refractivity contribution >= 4 is 22.8 Å². The van der Waals surface area contributed by atoms with Gasteiger partial charge in [-0.25, -0.2) is 0 Å². The summed E-state index contributed by atoms with van der Waals surface area (Å²) in [6.45, 7) is 2.52. The summed E-state index contributed by atoms with van der Waals surface area (Å²) in [4.78, 5) is 12.9. The Bertz CT molecular complexity index is 404. The van der Waals surface area contributed by atoms with Crippen molar-refractivity contribution in [2.45, 2.75) is 13.5 Å². The van der Waals surface area contributed by atoms with E-state index in [1.165, 1.54) is 11.3 Å². The van der Waals surface area contributed by atoms with E-state index in [-0.39, 0.29) is 6.61 Å². The normalized spacial score (nSPS) is 9.47. The third-order valence-electron chi connectivity index (χ3n) is 2.03. The molecular formula is C10H12N2O2S. The molecule has 0 spiro atoms.